The Hall–Kier alpha value is -1.71. The highest BCUT2D eigenvalue weighted by Crippen LogP contribution is 2.28. The molecule has 1 aromatic heterocycles. The summed E-state index contributed by atoms with van der Waals surface area (Å²) in [5.41, 5.74) is 0.957. The van der Waals surface area contributed by atoms with Gasteiger partial charge in [-0.05, 0) is 22.6 Å². The zero-order valence-corrected chi connectivity index (χ0v) is 11.8. The Balaban J connectivity index is 2.10. The number of nitro groups is 1. The van der Waals surface area contributed by atoms with Gasteiger partial charge < -0.3 is 10.3 Å². The molecular weight excluding hydrogens is 366 g/mol. The molecule has 2 rings (SSSR count). The van der Waals surface area contributed by atoms with Gasteiger partial charge >= 0.3 is 0 Å². The normalized spacial score (nSPS) is 10.4. The van der Waals surface area contributed by atoms with Crippen LogP contribution in [0.25, 0.3) is 0 Å². The maximum absolute atomic E-state index is 13.4. The number of anilines is 1. The molecular formula is C11H10FIN4O2. The van der Waals surface area contributed by atoms with Gasteiger partial charge in [-0.15, -0.1) is 0 Å². The number of nitro benzene ring substituents is 1. The fourth-order valence-corrected chi connectivity index (χ4v) is 2.03. The van der Waals surface area contributed by atoms with Gasteiger partial charge in [0.05, 0.1) is 14.8 Å². The van der Waals surface area contributed by atoms with E-state index in [0.29, 0.717) is 13.0 Å². The van der Waals surface area contributed by atoms with Crippen LogP contribution in [0.5, 0.6) is 0 Å². The van der Waals surface area contributed by atoms with E-state index < -0.39 is 10.7 Å². The second-order valence-electron chi connectivity index (χ2n) is 3.79. The molecule has 100 valence electrons. The minimum absolute atomic E-state index is 0.129. The number of rotatable bonds is 5. The van der Waals surface area contributed by atoms with E-state index in [1.807, 2.05) is 0 Å². The van der Waals surface area contributed by atoms with Crippen molar-refractivity contribution in [2.75, 3.05) is 11.9 Å². The fourth-order valence-electron chi connectivity index (χ4n) is 1.58. The van der Waals surface area contributed by atoms with Crippen LogP contribution in [0.3, 0.4) is 0 Å². The van der Waals surface area contributed by atoms with Gasteiger partial charge in [0, 0.05) is 37.0 Å². The number of H-pyrrole nitrogens is 1. The van der Waals surface area contributed by atoms with Gasteiger partial charge in [0.1, 0.15) is 11.5 Å². The first kappa shape index (κ1) is 13.7. The first-order valence-electron chi connectivity index (χ1n) is 5.42. The number of hydrogen-bond donors (Lipinski definition) is 2. The van der Waals surface area contributed by atoms with Crippen molar-refractivity contribution in [3.05, 3.63) is 49.9 Å². The molecule has 2 N–H and O–H groups in total. The molecule has 1 aromatic carbocycles. The molecule has 0 aliphatic carbocycles. The van der Waals surface area contributed by atoms with Crippen LogP contribution in [0.15, 0.2) is 24.7 Å². The van der Waals surface area contributed by atoms with Gasteiger partial charge in [-0.1, -0.05) is 0 Å². The van der Waals surface area contributed by atoms with Gasteiger partial charge in [0.2, 0.25) is 0 Å². The Labute approximate surface area is 121 Å². The van der Waals surface area contributed by atoms with E-state index in [1.165, 1.54) is 6.07 Å². The summed E-state index contributed by atoms with van der Waals surface area (Å²) in [6.45, 7) is 0.447. The van der Waals surface area contributed by atoms with E-state index >= 15 is 0 Å². The van der Waals surface area contributed by atoms with Crippen molar-refractivity contribution in [3.63, 3.8) is 0 Å². The summed E-state index contributed by atoms with van der Waals surface area (Å²) in [6.07, 6.45) is 3.84. The standard InChI is InChI=1S/C11H10FIN4O2/c12-8-3-10(11(17(18)19)4-9(8)13)15-2-1-7-5-14-6-16-7/h3-6,15H,1-2H2,(H,14,16). The van der Waals surface area contributed by atoms with E-state index in [0.717, 1.165) is 11.8 Å². The summed E-state index contributed by atoms with van der Waals surface area (Å²) in [5, 5.41) is 13.8. The summed E-state index contributed by atoms with van der Waals surface area (Å²) in [6, 6.07) is 2.36. The molecule has 0 unspecified atom stereocenters. The van der Waals surface area contributed by atoms with Crippen molar-refractivity contribution in [2.24, 2.45) is 0 Å². The lowest BCUT2D eigenvalue weighted by Crippen LogP contribution is -2.08. The van der Waals surface area contributed by atoms with Crippen molar-refractivity contribution >= 4 is 34.0 Å². The van der Waals surface area contributed by atoms with Gasteiger partial charge in [-0.25, -0.2) is 9.37 Å². The number of halogens is 2. The van der Waals surface area contributed by atoms with E-state index in [2.05, 4.69) is 15.3 Å². The molecule has 0 fully saturated rings. The van der Waals surface area contributed by atoms with E-state index in [9.17, 15) is 14.5 Å². The molecule has 0 bridgehead atoms. The van der Waals surface area contributed by atoms with Crippen LogP contribution < -0.4 is 5.32 Å². The van der Waals surface area contributed by atoms with Crippen molar-refractivity contribution in [3.8, 4) is 0 Å². The van der Waals surface area contributed by atoms with E-state index in [4.69, 9.17) is 0 Å². The van der Waals surface area contributed by atoms with Crippen LogP contribution in [-0.2, 0) is 6.42 Å². The molecule has 1 heterocycles. The summed E-state index contributed by atoms with van der Waals surface area (Å²) in [5.74, 6) is -0.477. The molecule has 0 radical (unpaired) electrons. The molecule has 0 spiro atoms. The third kappa shape index (κ3) is 3.40. The summed E-state index contributed by atoms with van der Waals surface area (Å²) < 4.78 is 13.7. The van der Waals surface area contributed by atoms with Gasteiger partial charge in [0.15, 0.2) is 0 Å². The van der Waals surface area contributed by atoms with Crippen LogP contribution in [0, 0.1) is 19.5 Å². The molecule has 2 aromatic rings. The quantitative estimate of drug-likeness (QED) is 0.478. The fraction of sp³-hybridized carbons (Fsp3) is 0.182. The number of benzene rings is 1. The number of aromatic amines is 1. The highest BCUT2D eigenvalue weighted by molar-refractivity contribution is 14.1. The summed E-state index contributed by atoms with van der Waals surface area (Å²) >= 11 is 1.73. The average molecular weight is 376 g/mol. The smallest absolute Gasteiger partial charge is 0.293 e. The highest BCUT2D eigenvalue weighted by Gasteiger charge is 2.17. The Morgan fingerprint density at radius 1 is 1.53 bits per heavy atom. The molecule has 0 amide bonds. The SMILES string of the molecule is O=[N+]([O-])c1cc(I)c(F)cc1NCCc1cnc[nH]1. The maximum atomic E-state index is 13.4. The Bertz CT molecular complexity index is 589. The molecule has 6 nitrogen and oxygen atoms in total. The predicted molar refractivity (Wildman–Crippen MR) is 76.6 cm³/mol. The second-order valence-corrected chi connectivity index (χ2v) is 4.96. The zero-order chi connectivity index (χ0) is 13.8. The lowest BCUT2D eigenvalue weighted by Gasteiger charge is -2.07. The molecule has 0 saturated heterocycles. The van der Waals surface area contributed by atoms with Crippen LogP contribution >= 0.6 is 22.6 Å². The second kappa shape index (κ2) is 5.95. The molecule has 0 atom stereocenters. The predicted octanol–water partition coefficient (Wildman–Crippen LogP) is 2.72. The number of hydrogen-bond acceptors (Lipinski definition) is 4. The van der Waals surface area contributed by atoms with Crippen molar-refractivity contribution in [1.82, 2.24) is 9.97 Å². The summed E-state index contributed by atoms with van der Waals surface area (Å²) in [7, 11) is 0. The number of nitrogens with zero attached hydrogens (tertiary/aromatic N) is 2. The maximum Gasteiger partial charge on any atom is 0.293 e. The number of imidazole rings is 1. The zero-order valence-electron chi connectivity index (χ0n) is 9.69. The van der Waals surface area contributed by atoms with E-state index in [-0.39, 0.29) is 14.9 Å². The number of aromatic nitrogens is 2. The average Bonchev–Trinajstić information content (AvgIpc) is 2.86. The largest absolute Gasteiger partial charge is 0.379 e. The summed E-state index contributed by atoms with van der Waals surface area (Å²) in [4.78, 5) is 17.2. The Morgan fingerprint density at radius 3 is 2.95 bits per heavy atom. The topological polar surface area (TPSA) is 83.8 Å². The molecule has 0 aliphatic heterocycles. The molecule has 8 heteroatoms. The lowest BCUT2D eigenvalue weighted by molar-refractivity contribution is -0.384. The van der Waals surface area contributed by atoms with Crippen LogP contribution in [-0.4, -0.2) is 21.4 Å². The van der Waals surface area contributed by atoms with Crippen LogP contribution in [0.2, 0.25) is 0 Å². The monoisotopic (exact) mass is 376 g/mol. The first-order chi connectivity index (χ1) is 9.08. The number of nitrogens with one attached hydrogen (secondary N) is 2. The van der Waals surface area contributed by atoms with Crippen molar-refractivity contribution in [1.29, 1.82) is 0 Å². The Kier molecular flexibility index (Phi) is 4.30. The molecule has 19 heavy (non-hydrogen) atoms. The van der Waals surface area contributed by atoms with Gasteiger partial charge in [-0.3, -0.25) is 10.1 Å². The third-order valence-electron chi connectivity index (χ3n) is 2.50. The third-order valence-corrected chi connectivity index (χ3v) is 3.33. The lowest BCUT2D eigenvalue weighted by atomic mass is 10.2. The van der Waals surface area contributed by atoms with Crippen molar-refractivity contribution < 1.29 is 9.31 Å². The molecule has 0 saturated carbocycles. The first-order valence-corrected chi connectivity index (χ1v) is 6.50. The Morgan fingerprint density at radius 2 is 2.32 bits per heavy atom. The van der Waals surface area contributed by atoms with Gasteiger partial charge in [0.25, 0.3) is 5.69 Å². The molecule has 0 aliphatic rings. The minimum Gasteiger partial charge on any atom is -0.379 e. The van der Waals surface area contributed by atoms with E-state index in [1.54, 1.807) is 35.1 Å². The highest BCUT2D eigenvalue weighted by atomic mass is 127. The minimum atomic E-state index is -0.528. The van der Waals surface area contributed by atoms with Crippen molar-refractivity contribution in [2.45, 2.75) is 6.42 Å². The van der Waals surface area contributed by atoms with Crippen LogP contribution in [0.4, 0.5) is 15.8 Å². The van der Waals surface area contributed by atoms with Gasteiger partial charge in [-0.2, -0.15) is 0 Å². The van der Waals surface area contributed by atoms with Crippen LogP contribution in [0.1, 0.15) is 5.69 Å².